The van der Waals surface area contributed by atoms with Gasteiger partial charge in [-0.15, -0.1) is 0 Å². The Morgan fingerprint density at radius 3 is 2.68 bits per heavy atom. The molecule has 1 aromatic carbocycles. The van der Waals surface area contributed by atoms with Crippen LogP contribution < -0.4 is 5.32 Å². The van der Waals surface area contributed by atoms with E-state index in [1.165, 1.54) is 32.4 Å². The van der Waals surface area contributed by atoms with Crippen molar-refractivity contribution < 1.29 is 4.79 Å². The van der Waals surface area contributed by atoms with Gasteiger partial charge in [0.2, 0.25) is 5.91 Å². The van der Waals surface area contributed by atoms with Crippen LogP contribution in [0.1, 0.15) is 37.7 Å². The molecule has 0 unspecified atom stereocenters. The van der Waals surface area contributed by atoms with Crippen LogP contribution >= 0.6 is 23.2 Å². The molecule has 1 aromatic rings. The number of piperidine rings is 1. The maximum absolute atomic E-state index is 11.9. The Balaban J connectivity index is 1.59. The van der Waals surface area contributed by atoms with Crippen molar-refractivity contribution in [1.29, 1.82) is 0 Å². The van der Waals surface area contributed by atoms with E-state index in [2.05, 4.69) is 10.2 Å². The SMILES string of the molecule is O=C(CCc1ccc(Cl)cc1Cl)NCCCN1CCCCC1. The van der Waals surface area contributed by atoms with E-state index in [4.69, 9.17) is 23.2 Å². The van der Waals surface area contributed by atoms with Crippen LogP contribution in [0.2, 0.25) is 10.0 Å². The standard InChI is InChI=1S/C17H24Cl2N2O/c18-15-7-5-14(16(19)13-15)6-8-17(22)20-9-4-12-21-10-2-1-3-11-21/h5,7,13H,1-4,6,8-12H2,(H,20,22). The van der Waals surface area contributed by atoms with E-state index in [1.807, 2.05) is 6.07 Å². The molecule has 2 rings (SSSR count). The largest absolute Gasteiger partial charge is 0.356 e. The number of hydrogen-bond donors (Lipinski definition) is 1. The minimum atomic E-state index is 0.0876. The number of benzene rings is 1. The van der Waals surface area contributed by atoms with Crippen molar-refractivity contribution in [2.75, 3.05) is 26.2 Å². The highest BCUT2D eigenvalue weighted by Crippen LogP contribution is 2.21. The molecule has 1 saturated heterocycles. The Hall–Kier alpha value is -0.770. The molecule has 0 atom stereocenters. The van der Waals surface area contributed by atoms with Crippen LogP contribution in [0.3, 0.4) is 0 Å². The number of hydrogen-bond acceptors (Lipinski definition) is 2. The summed E-state index contributed by atoms with van der Waals surface area (Å²) < 4.78 is 0. The molecule has 0 aliphatic carbocycles. The van der Waals surface area contributed by atoms with Crippen molar-refractivity contribution >= 4 is 29.1 Å². The second-order valence-electron chi connectivity index (χ2n) is 5.84. The third kappa shape index (κ3) is 6.15. The van der Waals surface area contributed by atoms with Crippen molar-refractivity contribution in [3.05, 3.63) is 33.8 Å². The molecule has 1 aliphatic heterocycles. The number of carbonyl (C=O) groups is 1. The number of halogens is 2. The number of rotatable bonds is 7. The molecule has 1 N–H and O–H groups in total. The summed E-state index contributed by atoms with van der Waals surface area (Å²) in [5.74, 6) is 0.0876. The molecule has 0 radical (unpaired) electrons. The molecule has 0 saturated carbocycles. The van der Waals surface area contributed by atoms with Gasteiger partial charge in [0.05, 0.1) is 0 Å². The number of nitrogens with one attached hydrogen (secondary N) is 1. The van der Waals surface area contributed by atoms with Gasteiger partial charge >= 0.3 is 0 Å². The minimum Gasteiger partial charge on any atom is -0.356 e. The lowest BCUT2D eigenvalue weighted by atomic mass is 10.1. The average molecular weight is 343 g/mol. The Labute approximate surface area is 143 Å². The Morgan fingerprint density at radius 2 is 1.95 bits per heavy atom. The van der Waals surface area contributed by atoms with Gasteiger partial charge in [-0.1, -0.05) is 35.7 Å². The topological polar surface area (TPSA) is 32.3 Å². The van der Waals surface area contributed by atoms with Gasteiger partial charge in [-0.3, -0.25) is 4.79 Å². The molecular weight excluding hydrogens is 319 g/mol. The zero-order chi connectivity index (χ0) is 15.8. The Morgan fingerprint density at radius 1 is 1.18 bits per heavy atom. The Bertz CT molecular complexity index is 488. The summed E-state index contributed by atoms with van der Waals surface area (Å²) in [6, 6.07) is 5.41. The van der Waals surface area contributed by atoms with E-state index in [0.717, 1.165) is 25.1 Å². The van der Waals surface area contributed by atoms with Gasteiger partial charge in [0.25, 0.3) is 0 Å². The van der Waals surface area contributed by atoms with Crippen molar-refractivity contribution in [3.8, 4) is 0 Å². The summed E-state index contributed by atoms with van der Waals surface area (Å²) in [4.78, 5) is 14.3. The van der Waals surface area contributed by atoms with Crippen LogP contribution in [0.4, 0.5) is 0 Å². The lowest BCUT2D eigenvalue weighted by Crippen LogP contribution is -2.33. The predicted octanol–water partition coefficient (Wildman–Crippen LogP) is 3.92. The first-order valence-corrected chi connectivity index (χ1v) is 8.84. The summed E-state index contributed by atoms with van der Waals surface area (Å²) in [7, 11) is 0. The zero-order valence-corrected chi connectivity index (χ0v) is 14.4. The fraction of sp³-hybridized carbons (Fsp3) is 0.588. The van der Waals surface area contributed by atoms with Crippen LogP contribution in [0.5, 0.6) is 0 Å². The fourth-order valence-electron chi connectivity index (χ4n) is 2.77. The molecule has 0 bridgehead atoms. The molecule has 1 aliphatic rings. The highest BCUT2D eigenvalue weighted by Gasteiger charge is 2.09. The summed E-state index contributed by atoms with van der Waals surface area (Å²) >= 11 is 12.0. The van der Waals surface area contributed by atoms with Crippen LogP contribution in [0.15, 0.2) is 18.2 Å². The Kier molecular flexibility index (Phi) is 7.50. The van der Waals surface area contributed by atoms with E-state index in [9.17, 15) is 4.79 Å². The molecule has 22 heavy (non-hydrogen) atoms. The lowest BCUT2D eigenvalue weighted by Gasteiger charge is -2.26. The maximum atomic E-state index is 11.9. The molecule has 5 heteroatoms. The summed E-state index contributed by atoms with van der Waals surface area (Å²) in [5, 5.41) is 4.24. The highest BCUT2D eigenvalue weighted by atomic mass is 35.5. The van der Waals surface area contributed by atoms with Gasteiger partial charge in [-0.2, -0.15) is 0 Å². The summed E-state index contributed by atoms with van der Waals surface area (Å²) in [6.07, 6.45) is 6.12. The highest BCUT2D eigenvalue weighted by molar-refractivity contribution is 6.35. The third-order valence-corrected chi connectivity index (χ3v) is 4.65. The van der Waals surface area contributed by atoms with E-state index in [1.54, 1.807) is 12.1 Å². The molecule has 3 nitrogen and oxygen atoms in total. The van der Waals surface area contributed by atoms with E-state index < -0.39 is 0 Å². The van der Waals surface area contributed by atoms with Crippen LogP contribution in [-0.2, 0) is 11.2 Å². The van der Waals surface area contributed by atoms with Gasteiger partial charge in [-0.25, -0.2) is 0 Å². The first kappa shape index (κ1) is 17.6. The smallest absolute Gasteiger partial charge is 0.220 e. The van der Waals surface area contributed by atoms with Crippen LogP contribution in [-0.4, -0.2) is 37.0 Å². The number of aryl methyl sites for hydroxylation is 1. The monoisotopic (exact) mass is 342 g/mol. The molecule has 1 amide bonds. The third-order valence-electron chi connectivity index (χ3n) is 4.06. The first-order chi connectivity index (χ1) is 10.6. The quantitative estimate of drug-likeness (QED) is 0.761. The van der Waals surface area contributed by atoms with Gasteiger partial charge in [0.1, 0.15) is 0 Å². The van der Waals surface area contributed by atoms with Crippen LogP contribution in [0, 0.1) is 0 Å². The van der Waals surface area contributed by atoms with Crippen LogP contribution in [0.25, 0.3) is 0 Å². The van der Waals surface area contributed by atoms with Gasteiger partial charge in [0.15, 0.2) is 0 Å². The fourth-order valence-corrected chi connectivity index (χ4v) is 3.28. The number of likely N-dealkylation sites (tertiary alicyclic amines) is 1. The molecular formula is C17H24Cl2N2O. The number of carbonyl (C=O) groups excluding carboxylic acids is 1. The average Bonchev–Trinajstić information content (AvgIpc) is 2.52. The molecule has 0 aromatic heterocycles. The van der Waals surface area contributed by atoms with E-state index in [-0.39, 0.29) is 5.91 Å². The predicted molar refractivity (Wildman–Crippen MR) is 92.7 cm³/mol. The number of nitrogens with zero attached hydrogens (tertiary/aromatic N) is 1. The zero-order valence-electron chi connectivity index (χ0n) is 12.9. The second-order valence-corrected chi connectivity index (χ2v) is 6.69. The molecule has 1 heterocycles. The lowest BCUT2D eigenvalue weighted by molar-refractivity contribution is -0.121. The number of amides is 1. The van der Waals surface area contributed by atoms with E-state index >= 15 is 0 Å². The van der Waals surface area contributed by atoms with Crippen molar-refractivity contribution in [2.45, 2.75) is 38.5 Å². The molecule has 122 valence electrons. The maximum Gasteiger partial charge on any atom is 0.220 e. The van der Waals surface area contributed by atoms with E-state index in [0.29, 0.717) is 22.9 Å². The van der Waals surface area contributed by atoms with Gasteiger partial charge in [0, 0.05) is 23.0 Å². The molecule has 0 spiro atoms. The van der Waals surface area contributed by atoms with Crippen molar-refractivity contribution in [2.24, 2.45) is 0 Å². The second kappa shape index (κ2) is 9.39. The van der Waals surface area contributed by atoms with Crippen molar-refractivity contribution in [3.63, 3.8) is 0 Å². The van der Waals surface area contributed by atoms with Gasteiger partial charge < -0.3 is 10.2 Å². The van der Waals surface area contributed by atoms with Gasteiger partial charge in [-0.05, 0) is 63.0 Å². The minimum absolute atomic E-state index is 0.0876. The van der Waals surface area contributed by atoms with Crippen molar-refractivity contribution in [1.82, 2.24) is 10.2 Å². The molecule has 1 fully saturated rings. The normalized spacial score (nSPS) is 15.7. The summed E-state index contributed by atoms with van der Waals surface area (Å²) in [5.41, 5.74) is 0.967. The first-order valence-electron chi connectivity index (χ1n) is 8.08. The summed E-state index contributed by atoms with van der Waals surface area (Å²) in [6.45, 7) is 4.26.